The molecule has 2 aromatic carbocycles. The van der Waals surface area contributed by atoms with Gasteiger partial charge in [-0.1, -0.05) is 61.1 Å². The molecule has 0 bridgehead atoms. The molecule has 2 saturated heterocycles. The van der Waals surface area contributed by atoms with Crippen molar-refractivity contribution in [3.63, 3.8) is 0 Å². The number of thiazole rings is 1. The predicted molar refractivity (Wildman–Crippen MR) is 192 cm³/mol. The van der Waals surface area contributed by atoms with E-state index < -0.39 is 12.2 Å². The van der Waals surface area contributed by atoms with E-state index in [4.69, 9.17) is 5.73 Å². The van der Waals surface area contributed by atoms with Crippen molar-refractivity contribution in [3.8, 4) is 0 Å². The van der Waals surface area contributed by atoms with Crippen molar-refractivity contribution >= 4 is 61.6 Å². The van der Waals surface area contributed by atoms with E-state index in [-0.39, 0.29) is 62.1 Å². The Morgan fingerprint density at radius 1 is 1.22 bits per heavy atom. The monoisotopic (exact) mass is 684 g/mol. The number of fused-ring (bicyclic) bond motifs is 2. The summed E-state index contributed by atoms with van der Waals surface area (Å²) in [7, 11) is 1.85. The highest BCUT2D eigenvalue weighted by Gasteiger charge is 2.52. The molecule has 1 unspecified atom stereocenters. The molecule has 6 rings (SSSR count). The van der Waals surface area contributed by atoms with Crippen molar-refractivity contribution in [2.45, 2.75) is 58.3 Å². The summed E-state index contributed by atoms with van der Waals surface area (Å²) in [6.07, 6.45) is 5.71. The van der Waals surface area contributed by atoms with Crippen LogP contribution in [0.25, 0.3) is 15.8 Å². The molecular formula is C36H44N8O4S. The summed E-state index contributed by atoms with van der Waals surface area (Å²) < 4.78 is 0.937. The van der Waals surface area contributed by atoms with Gasteiger partial charge in [-0.05, 0) is 42.2 Å². The summed E-state index contributed by atoms with van der Waals surface area (Å²) in [4.78, 5) is 61.4. The lowest BCUT2D eigenvalue weighted by Crippen LogP contribution is -2.66. The predicted octanol–water partition coefficient (Wildman–Crippen LogP) is 4.25. The number of anilines is 2. The van der Waals surface area contributed by atoms with Crippen molar-refractivity contribution in [2.75, 3.05) is 44.3 Å². The molecule has 3 heterocycles. The van der Waals surface area contributed by atoms with Crippen molar-refractivity contribution in [1.82, 2.24) is 30.1 Å². The number of benzene rings is 2. The largest absolute Gasteiger partial charge is 0.388 e. The molecule has 4 amide bonds. The first-order chi connectivity index (χ1) is 23.6. The van der Waals surface area contributed by atoms with Gasteiger partial charge in [0, 0.05) is 50.1 Å². The number of nitrogen functional groups attached to an aromatic ring is 1. The van der Waals surface area contributed by atoms with Crippen LogP contribution in [0.3, 0.4) is 0 Å². The van der Waals surface area contributed by atoms with Gasteiger partial charge in [-0.2, -0.15) is 5.01 Å². The van der Waals surface area contributed by atoms with E-state index in [0.29, 0.717) is 18.1 Å². The fraction of sp³-hybridized carbons (Fsp3) is 0.417. The highest BCUT2D eigenvalue weighted by molar-refractivity contribution is 7.22. The number of nitrogens with one attached hydrogen (secondary N) is 2. The average Bonchev–Trinajstić information content (AvgIpc) is 3.58. The smallest absolute Gasteiger partial charge is 0.332 e. The van der Waals surface area contributed by atoms with Gasteiger partial charge in [0.2, 0.25) is 11.8 Å². The number of allylic oxidation sites excluding steroid dienone is 2. The van der Waals surface area contributed by atoms with Gasteiger partial charge >= 0.3 is 6.03 Å². The summed E-state index contributed by atoms with van der Waals surface area (Å²) in [5, 5.41) is 10.0. The molecule has 13 heteroatoms. The molecule has 2 fully saturated rings. The van der Waals surface area contributed by atoms with Crippen molar-refractivity contribution < 1.29 is 19.2 Å². The maximum absolute atomic E-state index is 14.5. The third kappa shape index (κ3) is 7.04. The molecular weight excluding hydrogens is 641 g/mol. The van der Waals surface area contributed by atoms with E-state index in [0.717, 1.165) is 51.0 Å². The average molecular weight is 685 g/mol. The van der Waals surface area contributed by atoms with Gasteiger partial charge in [0.05, 0.1) is 29.9 Å². The third-order valence-corrected chi connectivity index (χ3v) is 10.2. The molecule has 0 spiro atoms. The lowest BCUT2D eigenvalue weighted by atomic mass is 9.96. The number of carbonyl (C=O) groups excluding carboxylic acids is 4. The number of carbonyl (C=O) groups is 4. The first-order valence-electron chi connectivity index (χ1n) is 16.8. The number of aromatic nitrogens is 1. The van der Waals surface area contributed by atoms with E-state index in [1.54, 1.807) is 27.8 Å². The number of nitrogens with zero attached hydrogens (tertiary/aromatic N) is 5. The number of hydrazine groups is 1. The highest BCUT2D eigenvalue weighted by Crippen LogP contribution is 2.44. The van der Waals surface area contributed by atoms with Crippen LogP contribution in [0.5, 0.6) is 0 Å². The number of unbranched alkanes of at least 4 members (excludes halogenated alkanes) is 1. The van der Waals surface area contributed by atoms with Crippen LogP contribution < -0.4 is 16.4 Å². The van der Waals surface area contributed by atoms with E-state index in [9.17, 15) is 19.2 Å². The summed E-state index contributed by atoms with van der Waals surface area (Å²) in [5.41, 5.74) is 11.6. The van der Waals surface area contributed by atoms with Gasteiger partial charge in [0.25, 0.3) is 0 Å². The first kappa shape index (κ1) is 34.1. The van der Waals surface area contributed by atoms with Crippen LogP contribution >= 0.6 is 11.3 Å². The molecule has 3 atom stereocenters. The zero-order valence-electron chi connectivity index (χ0n) is 28.3. The fourth-order valence-electron chi connectivity index (χ4n) is 6.97. The number of rotatable bonds is 14. The van der Waals surface area contributed by atoms with Gasteiger partial charge in [0.15, 0.2) is 5.13 Å². The molecule has 0 saturated carbocycles. The minimum atomic E-state index is -0.800. The molecule has 3 aliphatic rings. The molecule has 49 heavy (non-hydrogen) atoms. The van der Waals surface area contributed by atoms with Gasteiger partial charge in [-0.25, -0.2) is 9.78 Å². The van der Waals surface area contributed by atoms with E-state index >= 15 is 0 Å². The van der Waals surface area contributed by atoms with Gasteiger partial charge in [-0.15, -0.1) is 6.58 Å². The number of hydrogen-bond acceptors (Lipinski definition) is 9. The molecule has 1 aliphatic carbocycles. The number of nitrogens with two attached hydrogens (primary N) is 1. The number of hydrogen-bond donors (Lipinski definition) is 3. The lowest BCUT2D eigenvalue weighted by molar-refractivity contribution is -0.157. The van der Waals surface area contributed by atoms with E-state index in [1.165, 1.54) is 16.3 Å². The molecule has 3 aromatic rings. The molecule has 1 aromatic heterocycles. The van der Waals surface area contributed by atoms with Crippen LogP contribution in [0, 0.1) is 5.92 Å². The second-order valence-corrected chi connectivity index (χ2v) is 13.9. The molecule has 12 nitrogen and oxygen atoms in total. The maximum Gasteiger partial charge on any atom is 0.332 e. The van der Waals surface area contributed by atoms with Gasteiger partial charge in [-0.3, -0.25) is 19.4 Å². The van der Waals surface area contributed by atoms with Crippen LogP contribution in [0.1, 0.15) is 49.8 Å². The second kappa shape index (κ2) is 14.4. The van der Waals surface area contributed by atoms with Crippen LogP contribution in [0.4, 0.5) is 15.6 Å². The number of para-hydroxylation sites is 1. The van der Waals surface area contributed by atoms with Crippen LogP contribution in [0.2, 0.25) is 0 Å². The normalized spacial score (nSPS) is 20.3. The zero-order chi connectivity index (χ0) is 34.8. The quantitative estimate of drug-likeness (QED) is 0.169. The minimum absolute atomic E-state index is 0.0398. The summed E-state index contributed by atoms with van der Waals surface area (Å²) in [6, 6.07) is 10.8. The molecule has 0 radical (unpaired) electrons. The van der Waals surface area contributed by atoms with E-state index in [1.807, 2.05) is 43.4 Å². The van der Waals surface area contributed by atoms with Crippen LogP contribution in [-0.4, -0.2) is 93.9 Å². The molecule has 2 aliphatic heterocycles. The number of piperazine rings is 1. The Kier molecular flexibility index (Phi) is 10.0. The number of Topliss-reactive ketones (excluding diaryl/α,β-unsaturated/α-hetero) is 1. The van der Waals surface area contributed by atoms with Crippen LogP contribution in [0.15, 0.2) is 55.1 Å². The SMILES string of the molecule is C=CCN(C(=O)NCCCC)N1CC(=O)N2[C@@H](Cc3ccc(C4=CC4CC(C)=O)c(NC)c3)C(=O)N(Cc3cccc4sc(N)nc34)C[C@@H]21. The topological polar surface area (TPSA) is 144 Å². The zero-order valence-corrected chi connectivity index (χ0v) is 29.1. The fourth-order valence-corrected chi connectivity index (χ4v) is 7.76. The summed E-state index contributed by atoms with van der Waals surface area (Å²) >= 11 is 1.40. The Bertz CT molecular complexity index is 1820. The Morgan fingerprint density at radius 3 is 2.78 bits per heavy atom. The second-order valence-electron chi connectivity index (χ2n) is 12.9. The van der Waals surface area contributed by atoms with Crippen molar-refractivity contribution in [2.24, 2.45) is 5.92 Å². The first-order valence-corrected chi connectivity index (χ1v) is 17.6. The van der Waals surface area contributed by atoms with Crippen molar-refractivity contribution in [3.05, 3.63) is 71.8 Å². The Labute approximate surface area is 290 Å². The maximum atomic E-state index is 14.5. The number of amides is 4. The van der Waals surface area contributed by atoms with Gasteiger partial charge < -0.3 is 26.2 Å². The summed E-state index contributed by atoms with van der Waals surface area (Å²) in [5.74, 6) is -0.0879. The van der Waals surface area contributed by atoms with Crippen molar-refractivity contribution in [1.29, 1.82) is 0 Å². The number of urea groups is 1. The third-order valence-electron chi connectivity index (χ3n) is 9.37. The Balaban J connectivity index is 1.33. The Morgan fingerprint density at radius 2 is 2.04 bits per heavy atom. The lowest BCUT2D eigenvalue weighted by Gasteiger charge is -2.46. The summed E-state index contributed by atoms with van der Waals surface area (Å²) in [6.45, 7) is 8.69. The van der Waals surface area contributed by atoms with Crippen LogP contribution in [-0.2, 0) is 27.3 Å². The minimum Gasteiger partial charge on any atom is -0.388 e. The van der Waals surface area contributed by atoms with Gasteiger partial charge in [0.1, 0.15) is 18.0 Å². The molecule has 4 N–H and O–H groups in total. The molecule has 258 valence electrons. The van der Waals surface area contributed by atoms with E-state index in [2.05, 4.69) is 35.2 Å². The Hall–Kier alpha value is -4.75. The highest BCUT2D eigenvalue weighted by atomic mass is 32.1. The number of ketones is 1. The standard InChI is InChI=1S/C36H44N8O4S/c1-5-7-13-39-36(48)42(14-6-2)43-21-32(46)44-29(17-23-11-12-26(28(16-23)38-4)27-18-25(27)15-22(3)45)34(47)41(20-31(43)44)19-24-9-8-10-30-33(24)40-35(37)49-30/h6,8-12,16,18,25,29,31,38H,2,5,7,13-15,17,19-21H2,1,3-4H3,(H2,37,40)(H,39,48)/t25?,29-,31+/m0/s1.